The zero-order valence-electron chi connectivity index (χ0n) is 17.0. The molecule has 1 aliphatic rings. The van der Waals surface area contributed by atoms with Crippen LogP contribution in [0.1, 0.15) is 43.5 Å². The van der Waals surface area contributed by atoms with Crippen LogP contribution >= 0.6 is 0 Å². The van der Waals surface area contributed by atoms with Gasteiger partial charge in [-0.25, -0.2) is 0 Å². The van der Waals surface area contributed by atoms with Gasteiger partial charge in [0.15, 0.2) is 0 Å². The molecule has 5 heteroatoms. The lowest BCUT2D eigenvalue weighted by molar-refractivity contribution is -0.124. The molecule has 0 saturated carbocycles. The molecule has 2 aromatic heterocycles. The molecular weight excluding hydrogens is 362 g/mol. The Labute approximate surface area is 171 Å². The van der Waals surface area contributed by atoms with E-state index in [4.69, 9.17) is 0 Å². The highest BCUT2D eigenvalue weighted by molar-refractivity contribution is 5.95. The van der Waals surface area contributed by atoms with Crippen LogP contribution in [0.4, 0.5) is 0 Å². The summed E-state index contributed by atoms with van der Waals surface area (Å²) in [4.78, 5) is 34.9. The molecule has 0 spiro atoms. The van der Waals surface area contributed by atoms with Crippen LogP contribution in [-0.4, -0.2) is 39.6 Å². The zero-order valence-corrected chi connectivity index (χ0v) is 17.0. The van der Waals surface area contributed by atoms with Crippen LogP contribution in [0.15, 0.2) is 48.8 Å². The number of rotatable bonds is 5. The number of fused-ring (bicyclic) bond motifs is 1. The van der Waals surface area contributed by atoms with Gasteiger partial charge in [0.05, 0.1) is 11.3 Å². The molecule has 1 saturated heterocycles. The van der Waals surface area contributed by atoms with Gasteiger partial charge in [-0.15, -0.1) is 0 Å². The third-order valence-corrected chi connectivity index (χ3v) is 5.63. The summed E-state index contributed by atoms with van der Waals surface area (Å²) in [7, 11) is 0. The van der Waals surface area contributed by atoms with E-state index in [-0.39, 0.29) is 17.6 Å². The molecule has 1 N–H and O–H groups in total. The molecular formula is C24H27N3O2. The molecule has 1 fully saturated rings. The molecule has 3 aromatic rings. The molecule has 5 nitrogen and oxygen atoms in total. The minimum absolute atomic E-state index is 0.0320. The Morgan fingerprint density at radius 3 is 2.83 bits per heavy atom. The first-order valence-corrected chi connectivity index (χ1v) is 10.4. The minimum atomic E-state index is -0.0350. The average Bonchev–Trinajstić information content (AvgIpc) is 3.21. The van der Waals surface area contributed by atoms with Gasteiger partial charge >= 0.3 is 0 Å². The molecule has 29 heavy (non-hydrogen) atoms. The molecule has 0 radical (unpaired) electrons. The average molecular weight is 389 g/mol. The number of amides is 1. The van der Waals surface area contributed by atoms with Crippen LogP contribution in [0.25, 0.3) is 22.2 Å². The third kappa shape index (κ3) is 4.24. The lowest BCUT2D eigenvalue weighted by atomic mass is 9.89. The highest BCUT2D eigenvalue weighted by Gasteiger charge is 2.29. The fraction of sp³-hybridized carbons (Fsp3) is 0.375. The third-order valence-electron chi connectivity index (χ3n) is 5.63. The lowest BCUT2D eigenvalue weighted by Gasteiger charge is -2.32. The van der Waals surface area contributed by atoms with Crippen LogP contribution in [0.3, 0.4) is 0 Å². The molecule has 0 bridgehead atoms. The topological polar surface area (TPSA) is 66.1 Å². The van der Waals surface area contributed by atoms with Gasteiger partial charge in [-0.05, 0) is 49.1 Å². The number of nitrogens with one attached hydrogen (secondary N) is 1. The normalized spacial score (nSPS) is 17.1. The monoisotopic (exact) mass is 389 g/mol. The number of carbonyl (C=O) groups excluding carboxylic acids is 2. The lowest BCUT2D eigenvalue weighted by Crippen LogP contribution is -2.42. The summed E-state index contributed by atoms with van der Waals surface area (Å²) in [5.74, 6) is 0.574. The molecule has 4 rings (SSSR count). The minimum Gasteiger partial charge on any atom is -0.361 e. The number of hydrogen-bond acceptors (Lipinski definition) is 3. The molecule has 3 heterocycles. The van der Waals surface area contributed by atoms with E-state index in [1.54, 1.807) is 6.20 Å². The van der Waals surface area contributed by atoms with Gasteiger partial charge in [0.25, 0.3) is 5.91 Å². The van der Waals surface area contributed by atoms with Crippen molar-refractivity contribution in [2.45, 2.75) is 33.1 Å². The molecule has 0 unspecified atom stereocenters. The van der Waals surface area contributed by atoms with E-state index in [9.17, 15) is 9.59 Å². The number of H-pyrrole nitrogens is 1. The van der Waals surface area contributed by atoms with Crippen LogP contribution in [0.5, 0.6) is 0 Å². The maximum absolute atomic E-state index is 12.9. The van der Waals surface area contributed by atoms with Crippen molar-refractivity contribution in [3.8, 4) is 11.3 Å². The molecule has 1 aliphatic heterocycles. The Kier molecular flexibility index (Phi) is 5.47. The van der Waals surface area contributed by atoms with E-state index in [0.717, 1.165) is 35.0 Å². The van der Waals surface area contributed by atoms with Crippen molar-refractivity contribution < 1.29 is 9.59 Å². The summed E-state index contributed by atoms with van der Waals surface area (Å²) in [6.45, 7) is 5.35. The number of piperidine rings is 1. The quantitative estimate of drug-likeness (QED) is 0.688. The summed E-state index contributed by atoms with van der Waals surface area (Å²) in [5.41, 5.74) is 3.53. The van der Waals surface area contributed by atoms with E-state index < -0.39 is 0 Å². The van der Waals surface area contributed by atoms with E-state index in [1.165, 1.54) is 0 Å². The van der Waals surface area contributed by atoms with Gasteiger partial charge in [0.2, 0.25) is 0 Å². The largest absolute Gasteiger partial charge is 0.361 e. The number of hydrogen-bond donors (Lipinski definition) is 1. The zero-order chi connectivity index (χ0) is 20.4. The summed E-state index contributed by atoms with van der Waals surface area (Å²) in [6, 6.07) is 11.9. The highest BCUT2D eigenvalue weighted by Crippen LogP contribution is 2.24. The SMILES string of the molecule is CC(C)CC(=O)[C@@H]1CCCN(C(=O)c2ccc(-c3ccc4[nH]ccc4c3)nc2)C1. The molecule has 0 aliphatic carbocycles. The summed E-state index contributed by atoms with van der Waals surface area (Å²) in [5, 5.41) is 1.13. The number of aromatic amines is 1. The van der Waals surface area contributed by atoms with Crippen molar-refractivity contribution >= 4 is 22.6 Å². The second kappa shape index (κ2) is 8.19. The van der Waals surface area contributed by atoms with Crippen molar-refractivity contribution in [2.75, 3.05) is 13.1 Å². The number of carbonyl (C=O) groups is 2. The molecule has 1 amide bonds. The first-order valence-electron chi connectivity index (χ1n) is 10.4. The maximum Gasteiger partial charge on any atom is 0.255 e. The predicted molar refractivity (Wildman–Crippen MR) is 115 cm³/mol. The van der Waals surface area contributed by atoms with Gasteiger partial charge in [-0.1, -0.05) is 19.9 Å². The second-order valence-electron chi connectivity index (χ2n) is 8.37. The number of pyridine rings is 1. The van der Waals surface area contributed by atoms with Gasteiger partial charge in [-0.2, -0.15) is 0 Å². The molecule has 150 valence electrons. The Balaban J connectivity index is 1.46. The number of aromatic nitrogens is 2. The van der Waals surface area contributed by atoms with Crippen molar-refractivity contribution in [3.63, 3.8) is 0 Å². The van der Waals surface area contributed by atoms with Crippen LogP contribution in [0, 0.1) is 11.8 Å². The van der Waals surface area contributed by atoms with Gasteiger partial charge in [0, 0.05) is 54.3 Å². The number of likely N-dealkylation sites (tertiary alicyclic amines) is 1. The Morgan fingerprint density at radius 1 is 1.21 bits per heavy atom. The van der Waals surface area contributed by atoms with Crippen LogP contribution in [0.2, 0.25) is 0 Å². The Morgan fingerprint density at radius 2 is 2.07 bits per heavy atom. The predicted octanol–water partition coefficient (Wildman–Crippen LogP) is 4.70. The van der Waals surface area contributed by atoms with Crippen molar-refractivity contribution in [3.05, 3.63) is 54.4 Å². The Bertz CT molecular complexity index is 1020. The smallest absolute Gasteiger partial charge is 0.255 e. The molecule has 1 aromatic carbocycles. The summed E-state index contributed by atoms with van der Waals surface area (Å²) < 4.78 is 0. The first kappa shape index (κ1) is 19.4. The van der Waals surface area contributed by atoms with Crippen molar-refractivity contribution in [2.24, 2.45) is 11.8 Å². The summed E-state index contributed by atoms with van der Waals surface area (Å²) in [6.07, 6.45) is 5.92. The van der Waals surface area contributed by atoms with Crippen molar-refractivity contribution in [1.82, 2.24) is 14.9 Å². The van der Waals surface area contributed by atoms with E-state index in [0.29, 0.717) is 31.0 Å². The highest BCUT2D eigenvalue weighted by atomic mass is 16.2. The first-order chi connectivity index (χ1) is 14.0. The van der Waals surface area contributed by atoms with Gasteiger partial charge in [-0.3, -0.25) is 14.6 Å². The number of nitrogens with zero attached hydrogens (tertiary/aromatic N) is 2. The summed E-state index contributed by atoms with van der Waals surface area (Å²) >= 11 is 0. The fourth-order valence-corrected chi connectivity index (χ4v) is 4.08. The number of benzene rings is 1. The number of ketones is 1. The second-order valence-corrected chi connectivity index (χ2v) is 8.37. The van der Waals surface area contributed by atoms with Crippen molar-refractivity contribution in [1.29, 1.82) is 0 Å². The van der Waals surface area contributed by atoms with E-state index in [1.807, 2.05) is 41.4 Å². The standard InChI is InChI=1S/C24H27N3O2/c1-16(2)12-23(28)20-4-3-11-27(15-20)24(29)19-6-8-22(26-14-19)17-5-7-21-18(13-17)9-10-25-21/h5-10,13-14,16,20,25H,3-4,11-12,15H2,1-2H3/t20-/m1/s1. The van der Waals surface area contributed by atoms with E-state index >= 15 is 0 Å². The van der Waals surface area contributed by atoms with Crippen LogP contribution in [-0.2, 0) is 4.79 Å². The maximum atomic E-state index is 12.9. The number of Topliss-reactive ketones (excluding diaryl/α,β-unsaturated/α-hetero) is 1. The van der Waals surface area contributed by atoms with Crippen LogP contribution < -0.4 is 0 Å². The van der Waals surface area contributed by atoms with Gasteiger partial charge < -0.3 is 9.88 Å². The van der Waals surface area contributed by atoms with E-state index in [2.05, 4.69) is 29.9 Å². The van der Waals surface area contributed by atoms with Gasteiger partial charge in [0.1, 0.15) is 5.78 Å². The fourth-order valence-electron chi connectivity index (χ4n) is 4.08. The molecule has 1 atom stereocenters. The Hall–Kier alpha value is -2.95.